The molecule has 12 heteroatoms. The zero-order valence-corrected chi connectivity index (χ0v) is 17.5. The number of nitrogens with zero attached hydrogens (tertiary/aromatic N) is 3. The molecule has 0 saturated heterocycles. The molecule has 0 atom stereocenters. The van der Waals surface area contributed by atoms with E-state index in [1.807, 2.05) is 0 Å². The van der Waals surface area contributed by atoms with Crippen molar-refractivity contribution in [3.8, 4) is 0 Å². The largest absolute Gasteiger partial charge is 0.480 e. The lowest BCUT2D eigenvalue weighted by Crippen LogP contribution is -2.46. The van der Waals surface area contributed by atoms with Gasteiger partial charge in [0.05, 0.1) is 32.7 Å². The quantitative estimate of drug-likeness (QED) is 0.230. The first-order chi connectivity index (χ1) is 13.7. The van der Waals surface area contributed by atoms with Crippen LogP contribution in [-0.4, -0.2) is 124 Å². The Morgan fingerprint density at radius 2 is 0.800 bits per heavy atom. The van der Waals surface area contributed by atoms with Crippen molar-refractivity contribution in [2.24, 2.45) is 5.41 Å². The highest BCUT2D eigenvalue weighted by Crippen LogP contribution is 2.15. The van der Waals surface area contributed by atoms with E-state index in [4.69, 9.17) is 20.4 Å². The van der Waals surface area contributed by atoms with E-state index in [0.717, 1.165) is 0 Å². The Bertz CT molecular complexity index is 559. The van der Waals surface area contributed by atoms with Crippen molar-refractivity contribution in [2.45, 2.75) is 20.8 Å². The fourth-order valence-electron chi connectivity index (χ4n) is 2.47. The lowest BCUT2D eigenvalue weighted by molar-refractivity contribution is -0.143. The Morgan fingerprint density at radius 3 is 1.03 bits per heavy atom. The van der Waals surface area contributed by atoms with Crippen molar-refractivity contribution >= 4 is 29.7 Å². The number of carboxylic acids is 4. The highest BCUT2D eigenvalue weighted by molar-refractivity contribution is 5.85. The van der Waals surface area contributed by atoms with E-state index in [1.54, 1.807) is 25.7 Å². The summed E-state index contributed by atoms with van der Waals surface area (Å²) >= 11 is 0. The average Bonchev–Trinajstić information content (AvgIpc) is 2.53. The molecule has 0 aliphatic rings. The number of Topliss-reactive ketones (excluding diaryl/α,β-unsaturated/α-hetero) is 1. The number of hydrogen-bond acceptors (Lipinski definition) is 8. The summed E-state index contributed by atoms with van der Waals surface area (Å²) in [7, 11) is 0. The Kier molecular flexibility index (Phi) is 11.8. The van der Waals surface area contributed by atoms with E-state index in [9.17, 15) is 24.0 Å². The van der Waals surface area contributed by atoms with Crippen LogP contribution in [0.1, 0.15) is 20.8 Å². The average molecular weight is 433 g/mol. The standard InChI is InChI=1S/C18H31N3O9/c1-18(2,3)13(22)8-19(4-6-20(9-14(23)24)10-15(25)26)5-7-21(11-16(27)28)12-17(29)30/h4-12H2,1-3H3,(H,23,24)(H,25,26)(H,27,28)(H,29,30). The van der Waals surface area contributed by atoms with Crippen LogP contribution in [0.2, 0.25) is 0 Å². The van der Waals surface area contributed by atoms with E-state index in [2.05, 4.69) is 0 Å². The van der Waals surface area contributed by atoms with Gasteiger partial charge in [0.1, 0.15) is 0 Å². The monoisotopic (exact) mass is 433 g/mol. The van der Waals surface area contributed by atoms with Gasteiger partial charge < -0.3 is 20.4 Å². The Hall–Kier alpha value is -2.57. The van der Waals surface area contributed by atoms with Gasteiger partial charge in [-0.05, 0) is 0 Å². The molecule has 0 aromatic rings. The van der Waals surface area contributed by atoms with Gasteiger partial charge >= 0.3 is 23.9 Å². The third-order valence-corrected chi connectivity index (χ3v) is 4.10. The molecule has 0 fully saturated rings. The van der Waals surface area contributed by atoms with Crippen LogP contribution in [0.4, 0.5) is 0 Å². The first-order valence-electron chi connectivity index (χ1n) is 9.28. The Morgan fingerprint density at radius 1 is 0.533 bits per heavy atom. The minimum absolute atomic E-state index is 0.0224. The lowest BCUT2D eigenvalue weighted by atomic mass is 9.90. The molecule has 0 unspecified atom stereocenters. The zero-order valence-electron chi connectivity index (χ0n) is 17.5. The first-order valence-corrected chi connectivity index (χ1v) is 9.28. The van der Waals surface area contributed by atoms with Crippen molar-refractivity contribution in [2.75, 3.05) is 58.9 Å². The highest BCUT2D eigenvalue weighted by atomic mass is 16.4. The summed E-state index contributed by atoms with van der Waals surface area (Å²) in [6, 6.07) is 0. The topological polar surface area (TPSA) is 176 Å². The second-order valence-electron chi connectivity index (χ2n) is 7.95. The van der Waals surface area contributed by atoms with Crippen LogP contribution < -0.4 is 0 Å². The summed E-state index contributed by atoms with van der Waals surface area (Å²) in [5.74, 6) is -4.89. The molecule has 4 N–H and O–H groups in total. The summed E-state index contributed by atoms with van der Waals surface area (Å²) in [6.45, 7) is 3.62. The van der Waals surface area contributed by atoms with Crippen LogP contribution in [0.3, 0.4) is 0 Å². The molecule has 172 valence electrons. The maximum Gasteiger partial charge on any atom is 0.317 e. The molecule has 0 spiro atoms. The van der Waals surface area contributed by atoms with E-state index in [0.29, 0.717) is 0 Å². The number of carbonyl (C=O) groups is 5. The van der Waals surface area contributed by atoms with Crippen LogP contribution >= 0.6 is 0 Å². The molecule has 0 aromatic heterocycles. The first kappa shape index (κ1) is 27.4. The molecular formula is C18H31N3O9. The van der Waals surface area contributed by atoms with Crippen molar-refractivity contribution in [3.63, 3.8) is 0 Å². The van der Waals surface area contributed by atoms with E-state index >= 15 is 0 Å². The van der Waals surface area contributed by atoms with Gasteiger partial charge in [-0.3, -0.25) is 38.7 Å². The zero-order chi connectivity index (χ0) is 23.5. The minimum atomic E-state index is -1.19. The van der Waals surface area contributed by atoms with Gasteiger partial charge in [0.25, 0.3) is 0 Å². The third kappa shape index (κ3) is 13.6. The van der Waals surface area contributed by atoms with Crippen LogP contribution in [0.15, 0.2) is 0 Å². The maximum absolute atomic E-state index is 12.4. The molecule has 0 amide bonds. The molecule has 0 aliphatic carbocycles. The van der Waals surface area contributed by atoms with Gasteiger partial charge in [-0.15, -0.1) is 0 Å². The van der Waals surface area contributed by atoms with Gasteiger partial charge in [-0.2, -0.15) is 0 Å². The predicted octanol–water partition coefficient (Wildman–Crippen LogP) is -1.15. The summed E-state index contributed by atoms with van der Waals surface area (Å²) in [6.07, 6.45) is 0. The van der Waals surface area contributed by atoms with Gasteiger partial charge in [0.2, 0.25) is 0 Å². The van der Waals surface area contributed by atoms with Gasteiger partial charge in [-0.25, -0.2) is 0 Å². The van der Waals surface area contributed by atoms with Crippen LogP contribution in [0.5, 0.6) is 0 Å². The number of rotatable bonds is 16. The van der Waals surface area contributed by atoms with Crippen molar-refractivity contribution in [3.05, 3.63) is 0 Å². The summed E-state index contributed by atoms with van der Waals surface area (Å²) in [5.41, 5.74) is -0.651. The molecule has 0 bridgehead atoms. The second-order valence-corrected chi connectivity index (χ2v) is 7.95. The number of carbonyl (C=O) groups excluding carboxylic acids is 1. The Labute approximate surface area is 174 Å². The van der Waals surface area contributed by atoms with E-state index in [1.165, 1.54) is 9.80 Å². The molecule has 0 aliphatic heterocycles. The molecule has 0 radical (unpaired) electrons. The minimum Gasteiger partial charge on any atom is -0.480 e. The molecule has 0 heterocycles. The SMILES string of the molecule is CC(C)(C)C(=O)CN(CCN(CC(=O)O)CC(=O)O)CCN(CC(=O)O)CC(=O)O. The van der Waals surface area contributed by atoms with Crippen LogP contribution in [0, 0.1) is 5.41 Å². The number of hydrogen-bond donors (Lipinski definition) is 4. The second kappa shape index (κ2) is 12.9. The maximum atomic E-state index is 12.4. The number of ketones is 1. The lowest BCUT2D eigenvalue weighted by Gasteiger charge is -2.29. The van der Waals surface area contributed by atoms with Gasteiger partial charge in [-0.1, -0.05) is 20.8 Å². The molecule has 30 heavy (non-hydrogen) atoms. The summed E-state index contributed by atoms with van der Waals surface area (Å²) in [4.78, 5) is 60.3. The van der Waals surface area contributed by atoms with Crippen molar-refractivity contribution in [1.29, 1.82) is 0 Å². The summed E-state index contributed by atoms with van der Waals surface area (Å²) < 4.78 is 0. The molecule has 0 saturated carbocycles. The van der Waals surface area contributed by atoms with Gasteiger partial charge in [0.15, 0.2) is 5.78 Å². The van der Waals surface area contributed by atoms with Gasteiger partial charge in [0, 0.05) is 31.6 Å². The van der Waals surface area contributed by atoms with Crippen LogP contribution in [0.25, 0.3) is 0 Å². The van der Waals surface area contributed by atoms with Crippen molar-refractivity contribution in [1.82, 2.24) is 14.7 Å². The number of carboxylic acid groups (broad SMARTS) is 4. The van der Waals surface area contributed by atoms with Crippen LogP contribution in [-0.2, 0) is 24.0 Å². The summed E-state index contributed by atoms with van der Waals surface area (Å²) in [5, 5.41) is 35.8. The molecule has 0 rings (SSSR count). The molecular weight excluding hydrogens is 402 g/mol. The molecule has 12 nitrogen and oxygen atoms in total. The Balaban J connectivity index is 5.21. The highest BCUT2D eigenvalue weighted by Gasteiger charge is 2.25. The molecule has 0 aromatic carbocycles. The number of aliphatic carboxylic acids is 4. The third-order valence-electron chi connectivity index (χ3n) is 4.10. The smallest absolute Gasteiger partial charge is 0.317 e. The van der Waals surface area contributed by atoms with Crippen molar-refractivity contribution < 1.29 is 44.4 Å². The predicted molar refractivity (Wildman–Crippen MR) is 104 cm³/mol. The fourth-order valence-corrected chi connectivity index (χ4v) is 2.47. The fraction of sp³-hybridized carbons (Fsp3) is 0.722. The van der Waals surface area contributed by atoms with E-state index in [-0.39, 0.29) is 38.5 Å². The van der Waals surface area contributed by atoms with E-state index < -0.39 is 55.5 Å². The normalized spacial score (nSPS) is 11.8.